The SMILES string of the molecule is CCCC/C=C\CCCCCCCC(=O)OC[C@H](COC(=O)CCCCCCCCC/C=C\CCCCCCCCCC)OC(=O)CCCCCCC/C=C\CCCCC. The zero-order chi connectivity index (χ0) is 43.7. The average molecular weight is 843 g/mol. The molecule has 1 atom stereocenters. The number of rotatable bonds is 47. The van der Waals surface area contributed by atoms with Crippen molar-refractivity contribution in [2.75, 3.05) is 13.2 Å². The normalized spacial score (nSPS) is 12.2. The van der Waals surface area contributed by atoms with Crippen LogP contribution in [0.3, 0.4) is 0 Å². The molecule has 0 unspecified atom stereocenters. The Morgan fingerprint density at radius 2 is 0.567 bits per heavy atom. The Labute approximate surface area is 372 Å². The summed E-state index contributed by atoms with van der Waals surface area (Å²) in [7, 11) is 0. The van der Waals surface area contributed by atoms with Crippen LogP contribution in [0.25, 0.3) is 0 Å². The summed E-state index contributed by atoms with van der Waals surface area (Å²) >= 11 is 0. The van der Waals surface area contributed by atoms with E-state index in [1.54, 1.807) is 0 Å². The molecule has 0 aliphatic rings. The van der Waals surface area contributed by atoms with Gasteiger partial charge in [0.1, 0.15) is 13.2 Å². The highest BCUT2D eigenvalue weighted by atomic mass is 16.6. The van der Waals surface area contributed by atoms with Crippen molar-refractivity contribution in [2.45, 2.75) is 277 Å². The number of carbonyl (C=O) groups excluding carboxylic acids is 3. The summed E-state index contributed by atoms with van der Waals surface area (Å²) in [6.45, 7) is 6.57. The predicted octanol–water partition coefficient (Wildman–Crippen LogP) is 16.9. The summed E-state index contributed by atoms with van der Waals surface area (Å²) in [6, 6.07) is 0. The van der Waals surface area contributed by atoms with Gasteiger partial charge in [-0.15, -0.1) is 0 Å². The topological polar surface area (TPSA) is 78.9 Å². The molecule has 0 fully saturated rings. The lowest BCUT2D eigenvalue weighted by Crippen LogP contribution is -2.30. The van der Waals surface area contributed by atoms with Crippen molar-refractivity contribution in [2.24, 2.45) is 0 Å². The molecule has 0 rings (SSSR count). The van der Waals surface area contributed by atoms with E-state index in [0.29, 0.717) is 19.3 Å². The minimum Gasteiger partial charge on any atom is -0.462 e. The molecule has 350 valence electrons. The summed E-state index contributed by atoms with van der Waals surface area (Å²) < 4.78 is 16.8. The van der Waals surface area contributed by atoms with Gasteiger partial charge in [-0.25, -0.2) is 0 Å². The van der Waals surface area contributed by atoms with Gasteiger partial charge in [0, 0.05) is 19.3 Å². The maximum atomic E-state index is 12.8. The average Bonchev–Trinajstić information content (AvgIpc) is 3.24. The van der Waals surface area contributed by atoms with Gasteiger partial charge in [-0.1, -0.05) is 198 Å². The van der Waals surface area contributed by atoms with E-state index < -0.39 is 6.10 Å². The molecule has 0 N–H and O–H groups in total. The highest BCUT2D eigenvalue weighted by Crippen LogP contribution is 2.15. The number of esters is 3. The highest BCUT2D eigenvalue weighted by Gasteiger charge is 2.19. The molecular formula is C54H98O6. The van der Waals surface area contributed by atoms with Crippen LogP contribution in [0.1, 0.15) is 271 Å². The Balaban J connectivity index is 4.31. The number of allylic oxidation sites excluding steroid dienone is 6. The van der Waals surface area contributed by atoms with Crippen molar-refractivity contribution in [1.82, 2.24) is 0 Å². The molecule has 0 aliphatic heterocycles. The van der Waals surface area contributed by atoms with Crippen LogP contribution < -0.4 is 0 Å². The molecule has 0 radical (unpaired) electrons. The molecule has 0 amide bonds. The molecule has 6 nitrogen and oxygen atoms in total. The van der Waals surface area contributed by atoms with Crippen LogP contribution in [-0.4, -0.2) is 37.2 Å². The second-order valence-electron chi connectivity index (χ2n) is 17.4. The third-order valence-corrected chi connectivity index (χ3v) is 11.3. The van der Waals surface area contributed by atoms with Gasteiger partial charge in [0.15, 0.2) is 6.10 Å². The number of hydrogen-bond donors (Lipinski definition) is 0. The second-order valence-corrected chi connectivity index (χ2v) is 17.4. The van der Waals surface area contributed by atoms with Crippen LogP contribution in [0.2, 0.25) is 0 Å². The van der Waals surface area contributed by atoms with Crippen molar-refractivity contribution in [1.29, 1.82) is 0 Å². The van der Waals surface area contributed by atoms with Crippen LogP contribution in [-0.2, 0) is 28.6 Å². The lowest BCUT2D eigenvalue weighted by molar-refractivity contribution is -0.167. The van der Waals surface area contributed by atoms with E-state index in [4.69, 9.17) is 14.2 Å². The number of unbranched alkanes of at least 4 members (excludes halogenated alkanes) is 30. The quantitative estimate of drug-likeness (QED) is 0.0263. The fraction of sp³-hybridized carbons (Fsp3) is 0.833. The summed E-state index contributed by atoms with van der Waals surface area (Å²) in [6.07, 6.45) is 57.0. The second kappa shape index (κ2) is 49.3. The lowest BCUT2D eigenvalue weighted by atomic mass is 10.1. The Hall–Kier alpha value is -2.37. The van der Waals surface area contributed by atoms with E-state index in [9.17, 15) is 14.4 Å². The molecule has 0 saturated heterocycles. The molecule has 0 saturated carbocycles. The van der Waals surface area contributed by atoms with Crippen molar-refractivity contribution < 1.29 is 28.6 Å². The molecule has 60 heavy (non-hydrogen) atoms. The number of hydrogen-bond acceptors (Lipinski definition) is 6. The first-order valence-corrected chi connectivity index (χ1v) is 26.0. The number of ether oxygens (including phenoxy) is 3. The van der Waals surface area contributed by atoms with E-state index in [2.05, 4.69) is 57.2 Å². The van der Waals surface area contributed by atoms with Crippen molar-refractivity contribution in [3.05, 3.63) is 36.5 Å². The van der Waals surface area contributed by atoms with Gasteiger partial charge in [-0.3, -0.25) is 14.4 Å². The summed E-state index contributed by atoms with van der Waals surface area (Å²) in [5.74, 6) is -0.895. The first-order chi connectivity index (χ1) is 29.5. The van der Waals surface area contributed by atoms with Crippen LogP contribution >= 0.6 is 0 Å². The van der Waals surface area contributed by atoms with Gasteiger partial charge in [-0.2, -0.15) is 0 Å². The van der Waals surface area contributed by atoms with E-state index >= 15 is 0 Å². The minimum atomic E-state index is -0.778. The van der Waals surface area contributed by atoms with Gasteiger partial charge in [-0.05, 0) is 89.9 Å². The molecule has 0 aliphatic carbocycles. The van der Waals surface area contributed by atoms with Gasteiger partial charge in [0.05, 0.1) is 0 Å². The highest BCUT2D eigenvalue weighted by molar-refractivity contribution is 5.71. The Morgan fingerprint density at radius 1 is 0.317 bits per heavy atom. The molecule has 6 heteroatoms. The summed E-state index contributed by atoms with van der Waals surface area (Å²) in [4.78, 5) is 37.9. The van der Waals surface area contributed by atoms with Crippen LogP contribution in [0.4, 0.5) is 0 Å². The Bertz CT molecular complexity index is 1020. The maximum absolute atomic E-state index is 12.8. The minimum absolute atomic E-state index is 0.0791. The van der Waals surface area contributed by atoms with Crippen LogP contribution in [0, 0.1) is 0 Å². The molecule has 0 heterocycles. The van der Waals surface area contributed by atoms with E-state index in [1.165, 1.54) is 154 Å². The zero-order valence-electron chi connectivity index (χ0n) is 40.0. The van der Waals surface area contributed by atoms with E-state index in [1.807, 2.05) is 0 Å². The van der Waals surface area contributed by atoms with Gasteiger partial charge in [0.25, 0.3) is 0 Å². The van der Waals surface area contributed by atoms with Crippen molar-refractivity contribution in [3.8, 4) is 0 Å². The third-order valence-electron chi connectivity index (χ3n) is 11.3. The van der Waals surface area contributed by atoms with Gasteiger partial charge in [0.2, 0.25) is 0 Å². The summed E-state index contributed by atoms with van der Waals surface area (Å²) in [5, 5.41) is 0. The molecule has 0 aromatic heterocycles. The fourth-order valence-corrected chi connectivity index (χ4v) is 7.35. The van der Waals surface area contributed by atoms with Crippen molar-refractivity contribution >= 4 is 17.9 Å². The lowest BCUT2D eigenvalue weighted by Gasteiger charge is -2.18. The largest absolute Gasteiger partial charge is 0.462 e. The van der Waals surface area contributed by atoms with Crippen molar-refractivity contribution in [3.63, 3.8) is 0 Å². The van der Waals surface area contributed by atoms with Gasteiger partial charge >= 0.3 is 17.9 Å². The zero-order valence-corrected chi connectivity index (χ0v) is 40.0. The maximum Gasteiger partial charge on any atom is 0.306 e. The Morgan fingerprint density at radius 3 is 0.917 bits per heavy atom. The Kier molecular flexibility index (Phi) is 47.3. The van der Waals surface area contributed by atoms with Crippen LogP contribution in [0.5, 0.6) is 0 Å². The first kappa shape index (κ1) is 57.6. The molecule has 0 aromatic carbocycles. The fourth-order valence-electron chi connectivity index (χ4n) is 7.35. The monoisotopic (exact) mass is 843 g/mol. The molecule has 0 bridgehead atoms. The number of carbonyl (C=O) groups is 3. The first-order valence-electron chi connectivity index (χ1n) is 26.0. The smallest absolute Gasteiger partial charge is 0.306 e. The predicted molar refractivity (Wildman–Crippen MR) is 256 cm³/mol. The molecule has 0 aromatic rings. The molecule has 0 spiro atoms. The van der Waals surface area contributed by atoms with Gasteiger partial charge < -0.3 is 14.2 Å². The van der Waals surface area contributed by atoms with E-state index in [-0.39, 0.29) is 31.1 Å². The van der Waals surface area contributed by atoms with Crippen LogP contribution in [0.15, 0.2) is 36.5 Å². The standard InChI is InChI=1S/C54H98O6/c1-4-7-10-13-16-19-22-24-25-26-27-28-29-30-33-35-38-41-44-47-53(56)59-50-51(49-58-52(55)46-43-40-37-34-31-21-18-15-12-9-6-3)60-54(57)48-45-42-39-36-32-23-20-17-14-11-8-5-2/h15,17-18,20,26-27,51H,4-14,16,19,21-25,28-50H2,1-3H3/b18-15-,20-17-,27-26-/t51-/m1/s1. The third kappa shape index (κ3) is 46.7. The summed E-state index contributed by atoms with van der Waals surface area (Å²) in [5.41, 5.74) is 0. The van der Waals surface area contributed by atoms with E-state index in [0.717, 1.165) is 77.0 Å². The molecular weight excluding hydrogens is 745 g/mol.